The van der Waals surface area contributed by atoms with Crippen LogP contribution < -0.4 is 14.8 Å². The highest BCUT2D eigenvalue weighted by Gasteiger charge is 2.15. The molecule has 0 spiro atoms. The van der Waals surface area contributed by atoms with Crippen molar-refractivity contribution in [1.82, 2.24) is 5.32 Å². The van der Waals surface area contributed by atoms with Crippen LogP contribution in [-0.4, -0.2) is 39.9 Å². The molecule has 1 amide bonds. The van der Waals surface area contributed by atoms with Crippen LogP contribution in [0.1, 0.15) is 18.4 Å². The van der Waals surface area contributed by atoms with Gasteiger partial charge in [0.05, 0.1) is 20.6 Å². The zero-order chi connectivity index (χ0) is 15.1. The maximum atomic E-state index is 11.9. The number of nitrogens with one attached hydrogen (secondary N) is 1. The first kappa shape index (κ1) is 15.6. The molecule has 21 heavy (non-hydrogen) atoms. The Labute approximate surface area is 125 Å². The van der Waals surface area contributed by atoms with Crippen molar-refractivity contribution in [3.63, 3.8) is 0 Å². The van der Waals surface area contributed by atoms with E-state index in [9.17, 15) is 4.79 Å². The summed E-state index contributed by atoms with van der Waals surface area (Å²) in [7, 11) is 3.18. The Morgan fingerprint density at radius 2 is 2.14 bits per heavy atom. The van der Waals surface area contributed by atoms with E-state index in [0.29, 0.717) is 30.4 Å². The average molecular weight is 293 g/mol. The number of hydrogen-bond acceptors (Lipinski definition) is 4. The van der Waals surface area contributed by atoms with Crippen LogP contribution in [-0.2, 0) is 16.0 Å². The first-order valence-electron chi connectivity index (χ1n) is 7.28. The molecular weight excluding hydrogens is 270 g/mol. The summed E-state index contributed by atoms with van der Waals surface area (Å²) in [6.07, 6.45) is 2.44. The van der Waals surface area contributed by atoms with E-state index in [1.165, 1.54) is 0 Å². The molecule has 1 N–H and O–H groups in total. The topological polar surface area (TPSA) is 56.8 Å². The van der Waals surface area contributed by atoms with Crippen LogP contribution in [0.5, 0.6) is 11.5 Å². The molecule has 1 fully saturated rings. The fourth-order valence-electron chi connectivity index (χ4n) is 2.47. The lowest BCUT2D eigenvalue weighted by Gasteiger charge is -2.11. The van der Waals surface area contributed by atoms with Crippen LogP contribution in [0, 0.1) is 5.92 Å². The number of amides is 1. The molecule has 1 aliphatic heterocycles. The van der Waals surface area contributed by atoms with Crippen LogP contribution >= 0.6 is 0 Å². The zero-order valence-electron chi connectivity index (χ0n) is 12.7. The molecule has 1 aromatic carbocycles. The number of carbonyl (C=O) groups excluding carboxylic acids is 1. The van der Waals surface area contributed by atoms with E-state index in [0.717, 1.165) is 31.6 Å². The van der Waals surface area contributed by atoms with Crippen molar-refractivity contribution in [2.24, 2.45) is 5.92 Å². The monoisotopic (exact) mass is 293 g/mol. The van der Waals surface area contributed by atoms with Gasteiger partial charge < -0.3 is 19.5 Å². The third-order valence-corrected chi connectivity index (χ3v) is 3.71. The largest absolute Gasteiger partial charge is 0.493 e. The number of carbonyl (C=O) groups is 1. The standard InChI is InChI=1S/C16H23NO4/c1-19-14-4-3-13(9-15(14)20-2)10-16(18)17-7-5-12-6-8-21-11-12/h3-4,9,12H,5-8,10-11H2,1-2H3,(H,17,18)/t12-/m1/s1. The predicted octanol–water partition coefficient (Wildman–Crippen LogP) is 1.79. The molecule has 1 saturated heterocycles. The highest BCUT2D eigenvalue weighted by Crippen LogP contribution is 2.27. The van der Waals surface area contributed by atoms with Gasteiger partial charge in [-0.2, -0.15) is 0 Å². The van der Waals surface area contributed by atoms with Crippen LogP contribution in [0.15, 0.2) is 18.2 Å². The normalized spacial score (nSPS) is 17.5. The summed E-state index contributed by atoms with van der Waals surface area (Å²) in [6.45, 7) is 2.38. The van der Waals surface area contributed by atoms with E-state index in [4.69, 9.17) is 14.2 Å². The Morgan fingerprint density at radius 3 is 2.81 bits per heavy atom. The van der Waals surface area contributed by atoms with Gasteiger partial charge >= 0.3 is 0 Å². The van der Waals surface area contributed by atoms with E-state index in [2.05, 4.69) is 5.32 Å². The van der Waals surface area contributed by atoms with Gasteiger partial charge in [-0.05, 0) is 36.5 Å². The molecule has 0 radical (unpaired) electrons. The summed E-state index contributed by atoms with van der Waals surface area (Å²) in [6, 6.07) is 5.53. The highest BCUT2D eigenvalue weighted by atomic mass is 16.5. The minimum atomic E-state index is 0.0288. The molecule has 1 heterocycles. The van der Waals surface area contributed by atoms with Gasteiger partial charge in [0.1, 0.15) is 0 Å². The van der Waals surface area contributed by atoms with Gasteiger partial charge in [0.15, 0.2) is 11.5 Å². The van der Waals surface area contributed by atoms with Gasteiger partial charge in [0.2, 0.25) is 5.91 Å². The van der Waals surface area contributed by atoms with Crippen molar-refractivity contribution in [2.75, 3.05) is 34.0 Å². The Hall–Kier alpha value is -1.75. The average Bonchev–Trinajstić information content (AvgIpc) is 3.00. The fraction of sp³-hybridized carbons (Fsp3) is 0.562. The molecule has 5 heteroatoms. The molecule has 0 aliphatic carbocycles. The molecular formula is C16H23NO4. The predicted molar refractivity (Wildman–Crippen MR) is 79.8 cm³/mol. The van der Waals surface area contributed by atoms with Gasteiger partial charge in [-0.15, -0.1) is 0 Å². The Kier molecular flexibility index (Phi) is 5.87. The van der Waals surface area contributed by atoms with E-state index in [1.807, 2.05) is 18.2 Å². The van der Waals surface area contributed by atoms with Crippen LogP contribution in [0.4, 0.5) is 0 Å². The van der Waals surface area contributed by atoms with Gasteiger partial charge in [-0.25, -0.2) is 0 Å². The molecule has 1 aromatic rings. The van der Waals surface area contributed by atoms with E-state index < -0.39 is 0 Å². The number of hydrogen-bond donors (Lipinski definition) is 1. The van der Waals surface area contributed by atoms with Crippen molar-refractivity contribution in [3.05, 3.63) is 23.8 Å². The lowest BCUT2D eigenvalue weighted by Crippen LogP contribution is -2.27. The molecule has 2 rings (SSSR count). The minimum absolute atomic E-state index is 0.0288. The van der Waals surface area contributed by atoms with E-state index in [1.54, 1.807) is 14.2 Å². The van der Waals surface area contributed by atoms with E-state index >= 15 is 0 Å². The maximum Gasteiger partial charge on any atom is 0.224 e. The van der Waals surface area contributed by atoms with Gasteiger partial charge in [0, 0.05) is 19.8 Å². The summed E-state index contributed by atoms with van der Waals surface area (Å²) in [5, 5.41) is 2.96. The Balaban J connectivity index is 1.78. The second kappa shape index (κ2) is 7.88. The van der Waals surface area contributed by atoms with Crippen molar-refractivity contribution >= 4 is 5.91 Å². The lowest BCUT2D eigenvalue weighted by atomic mass is 10.1. The molecule has 0 saturated carbocycles. The number of ether oxygens (including phenoxy) is 3. The molecule has 116 valence electrons. The third kappa shape index (κ3) is 4.63. The van der Waals surface area contributed by atoms with Gasteiger partial charge in [0.25, 0.3) is 0 Å². The van der Waals surface area contributed by atoms with Crippen LogP contribution in [0.25, 0.3) is 0 Å². The fourth-order valence-corrected chi connectivity index (χ4v) is 2.47. The minimum Gasteiger partial charge on any atom is -0.493 e. The maximum absolute atomic E-state index is 11.9. The summed E-state index contributed by atoms with van der Waals surface area (Å²) in [5.41, 5.74) is 0.911. The van der Waals surface area contributed by atoms with Crippen molar-refractivity contribution in [3.8, 4) is 11.5 Å². The molecule has 1 aliphatic rings. The number of benzene rings is 1. The van der Waals surface area contributed by atoms with Crippen molar-refractivity contribution < 1.29 is 19.0 Å². The quantitative estimate of drug-likeness (QED) is 0.832. The highest BCUT2D eigenvalue weighted by molar-refractivity contribution is 5.78. The Bertz CT molecular complexity index is 469. The SMILES string of the molecule is COc1ccc(CC(=O)NCC[C@@H]2CCOC2)cc1OC. The number of rotatable bonds is 7. The molecule has 1 atom stereocenters. The summed E-state index contributed by atoms with van der Waals surface area (Å²) in [4.78, 5) is 11.9. The second-order valence-corrected chi connectivity index (χ2v) is 5.23. The summed E-state index contributed by atoms with van der Waals surface area (Å²) in [5.74, 6) is 1.93. The zero-order valence-corrected chi connectivity index (χ0v) is 12.7. The molecule has 0 aromatic heterocycles. The first-order chi connectivity index (χ1) is 10.2. The second-order valence-electron chi connectivity index (χ2n) is 5.23. The van der Waals surface area contributed by atoms with Gasteiger partial charge in [-0.3, -0.25) is 4.79 Å². The van der Waals surface area contributed by atoms with Crippen molar-refractivity contribution in [1.29, 1.82) is 0 Å². The summed E-state index contributed by atoms with van der Waals surface area (Å²) < 4.78 is 15.7. The first-order valence-corrected chi connectivity index (χ1v) is 7.28. The smallest absolute Gasteiger partial charge is 0.224 e. The lowest BCUT2D eigenvalue weighted by molar-refractivity contribution is -0.120. The van der Waals surface area contributed by atoms with Crippen LogP contribution in [0.3, 0.4) is 0 Å². The molecule has 0 unspecified atom stereocenters. The Morgan fingerprint density at radius 1 is 1.33 bits per heavy atom. The molecule has 5 nitrogen and oxygen atoms in total. The molecule has 0 bridgehead atoms. The van der Waals surface area contributed by atoms with Gasteiger partial charge in [-0.1, -0.05) is 6.07 Å². The summed E-state index contributed by atoms with van der Waals surface area (Å²) >= 11 is 0. The number of methoxy groups -OCH3 is 2. The van der Waals surface area contributed by atoms with Crippen LogP contribution in [0.2, 0.25) is 0 Å². The van der Waals surface area contributed by atoms with E-state index in [-0.39, 0.29) is 5.91 Å². The van der Waals surface area contributed by atoms with Crippen molar-refractivity contribution in [2.45, 2.75) is 19.3 Å². The third-order valence-electron chi connectivity index (χ3n) is 3.71.